The van der Waals surface area contributed by atoms with Crippen LogP contribution in [0.1, 0.15) is 37.8 Å². The first-order valence-corrected chi connectivity index (χ1v) is 8.31. The van der Waals surface area contributed by atoms with Crippen LogP contribution < -0.4 is 5.32 Å². The first-order chi connectivity index (χ1) is 11.4. The highest BCUT2D eigenvalue weighted by Gasteiger charge is 2.28. The van der Waals surface area contributed by atoms with Gasteiger partial charge in [0.15, 0.2) is 0 Å². The zero-order valence-corrected chi connectivity index (χ0v) is 14.2. The largest absolute Gasteiger partial charge is 0.481 e. The molecule has 1 aliphatic heterocycles. The van der Waals surface area contributed by atoms with E-state index in [4.69, 9.17) is 21.4 Å². The number of carbonyl (C=O) groups excluding carboxylic acids is 1. The third kappa shape index (κ3) is 4.92. The molecule has 2 N–H and O–H groups in total. The number of aliphatic carboxylic acids is 1. The zero-order valence-electron chi connectivity index (χ0n) is 13.4. The van der Waals surface area contributed by atoms with Gasteiger partial charge in [-0.15, -0.1) is 0 Å². The Morgan fingerprint density at radius 1 is 1.42 bits per heavy atom. The van der Waals surface area contributed by atoms with Gasteiger partial charge in [0.25, 0.3) is 0 Å². The van der Waals surface area contributed by atoms with Crippen molar-refractivity contribution >= 4 is 23.5 Å². The van der Waals surface area contributed by atoms with Crippen molar-refractivity contribution in [1.29, 1.82) is 0 Å². The van der Waals surface area contributed by atoms with Crippen LogP contribution in [0, 0.1) is 17.7 Å². The average molecular weight is 358 g/mol. The number of rotatable bonds is 6. The number of hydrogen-bond donors (Lipinski definition) is 2. The first kappa shape index (κ1) is 18.7. The van der Waals surface area contributed by atoms with Gasteiger partial charge in [-0.2, -0.15) is 0 Å². The molecule has 1 amide bonds. The van der Waals surface area contributed by atoms with Gasteiger partial charge >= 0.3 is 5.97 Å². The molecule has 2 rings (SSSR count). The Balaban J connectivity index is 2.11. The van der Waals surface area contributed by atoms with Crippen LogP contribution in [0.2, 0.25) is 5.02 Å². The Morgan fingerprint density at radius 3 is 2.67 bits per heavy atom. The van der Waals surface area contributed by atoms with E-state index in [1.807, 2.05) is 6.92 Å². The molecule has 0 aliphatic carbocycles. The molecule has 0 aromatic heterocycles. The molecule has 1 heterocycles. The Morgan fingerprint density at radius 2 is 2.08 bits per heavy atom. The van der Waals surface area contributed by atoms with Gasteiger partial charge in [-0.05, 0) is 36.5 Å². The summed E-state index contributed by atoms with van der Waals surface area (Å²) in [5, 5.41) is 11.8. The number of ether oxygens (including phenoxy) is 1. The van der Waals surface area contributed by atoms with Crippen LogP contribution in [-0.2, 0) is 14.3 Å². The van der Waals surface area contributed by atoms with E-state index in [2.05, 4.69) is 5.32 Å². The number of benzene rings is 1. The van der Waals surface area contributed by atoms with Gasteiger partial charge < -0.3 is 15.2 Å². The van der Waals surface area contributed by atoms with Crippen LogP contribution in [0.25, 0.3) is 0 Å². The van der Waals surface area contributed by atoms with E-state index in [1.165, 1.54) is 12.1 Å². The fourth-order valence-corrected chi connectivity index (χ4v) is 3.01. The van der Waals surface area contributed by atoms with Crippen molar-refractivity contribution in [1.82, 2.24) is 5.32 Å². The zero-order chi connectivity index (χ0) is 17.7. The predicted octanol–water partition coefficient (Wildman–Crippen LogP) is 3.17. The molecule has 2 unspecified atom stereocenters. The lowest BCUT2D eigenvalue weighted by molar-refractivity contribution is -0.138. The van der Waals surface area contributed by atoms with Crippen molar-refractivity contribution in [2.24, 2.45) is 11.8 Å². The molecule has 0 bridgehead atoms. The monoisotopic (exact) mass is 357 g/mol. The molecule has 1 fully saturated rings. The van der Waals surface area contributed by atoms with Crippen molar-refractivity contribution in [3.63, 3.8) is 0 Å². The summed E-state index contributed by atoms with van der Waals surface area (Å²) in [6.07, 6.45) is 1.27. The lowest BCUT2D eigenvalue weighted by Gasteiger charge is -2.28. The molecule has 132 valence electrons. The molecule has 24 heavy (non-hydrogen) atoms. The van der Waals surface area contributed by atoms with Gasteiger partial charge in [-0.3, -0.25) is 9.59 Å². The highest BCUT2D eigenvalue weighted by Crippen LogP contribution is 2.26. The van der Waals surface area contributed by atoms with Crippen LogP contribution in [0.4, 0.5) is 4.39 Å². The Labute approximate surface area is 145 Å². The number of halogens is 2. The van der Waals surface area contributed by atoms with E-state index in [0.717, 1.165) is 18.9 Å². The van der Waals surface area contributed by atoms with Crippen molar-refractivity contribution < 1.29 is 23.8 Å². The molecule has 5 nitrogen and oxygen atoms in total. The average Bonchev–Trinajstić information content (AvgIpc) is 2.56. The van der Waals surface area contributed by atoms with Crippen LogP contribution in [0.3, 0.4) is 0 Å². The van der Waals surface area contributed by atoms with E-state index in [9.17, 15) is 14.0 Å². The van der Waals surface area contributed by atoms with E-state index in [-0.39, 0.29) is 29.2 Å². The summed E-state index contributed by atoms with van der Waals surface area (Å²) in [6, 6.07) is 3.24. The molecule has 0 spiro atoms. The molecule has 1 aromatic carbocycles. The molecule has 1 saturated heterocycles. The van der Waals surface area contributed by atoms with Crippen LogP contribution in [0.15, 0.2) is 18.2 Å². The predicted molar refractivity (Wildman–Crippen MR) is 87.3 cm³/mol. The maximum absolute atomic E-state index is 13.7. The fourth-order valence-electron chi connectivity index (χ4n) is 2.89. The second kappa shape index (κ2) is 8.44. The van der Waals surface area contributed by atoms with Gasteiger partial charge in [0.1, 0.15) is 5.82 Å². The van der Waals surface area contributed by atoms with Crippen molar-refractivity contribution in [2.75, 3.05) is 13.2 Å². The Hall–Kier alpha value is -1.66. The van der Waals surface area contributed by atoms with Gasteiger partial charge in [-0.1, -0.05) is 24.6 Å². The summed E-state index contributed by atoms with van der Waals surface area (Å²) >= 11 is 5.66. The minimum absolute atomic E-state index is 0.0466. The maximum Gasteiger partial charge on any atom is 0.305 e. The number of nitrogens with one attached hydrogen (secondary N) is 1. The third-order valence-electron chi connectivity index (χ3n) is 4.43. The summed E-state index contributed by atoms with van der Waals surface area (Å²) in [5.41, 5.74) is 0.381. The van der Waals surface area contributed by atoms with Gasteiger partial charge in [0.05, 0.1) is 17.5 Å². The van der Waals surface area contributed by atoms with Crippen molar-refractivity contribution in [3.05, 3.63) is 34.6 Å². The van der Waals surface area contributed by atoms with E-state index >= 15 is 0 Å². The van der Waals surface area contributed by atoms with Crippen LogP contribution in [0.5, 0.6) is 0 Å². The highest BCUT2D eigenvalue weighted by atomic mass is 35.5. The lowest BCUT2D eigenvalue weighted by Crippen LogP contribution is -2.38. The van der Waals surface area contributed by atoms with Crippen molar-refractivity contribution in [2.45, 2.75) is 32.2 Å². The Bertz CT molecular complexity index is 604. The minimum Gasteiger partial charge on any atom is -0.481 e. The molecule has 1 aliphatic rings. The summed E-state index contributed by atoms with van der Waals surface area (Å²) in [6.45, 7) is 3.08. The second-order valence-electron chi connectivity index (χ2n) is 6.07. The number of carboxylic acid groups (broad SMARTS) is 1. The Kier molecular flexibility index (Phi) is 6.57. The van der Waals surface area contributed by atoms with E-state index in [0.29, 0.717) is 18.8 Å². The molecular weight excluding hydrogens is 337 g/mol. The van der Waals surface area contributed by atoms with Gasteiger partial charge in [-0.25, -0.2) is 4.39 Å². The number of hydrogen-bond acceptors (Lipinski definition) is 3. The maximum atomic E-state index is 13.7. The summed E-state index contributed by atoms with van der Waals surface area (Å²) in [4.78, 5) is 23.6. The van der Waals surface area contributed by atoms with E-state index in [1.54, 1.807) is 0 Å². The van der Waals surface area contributed by atoms with Crippen LogP contribution in [-0.4, -0.2) is 30.2 Å². The second-order valence-corrected chi connectivity index (χ2v) is 6.48. The van der Waals surface area contributed by atoms with Gasteiger partial charge in [0.2, 0.25) is 5.91 Å². The number of carbonyl (C=O) groups is 2. The van der Waals surface area contributed by atoms with Gasteiger partial charge in [0, 0.05) is 19.1 Å². The summed E-state index contributed by atoms with van der Waals surface area (Å²) in [7, 11) is 0. The molecule has 2 atom stereocenters. The minimum atomic E-state index is -1.07. The fraction of sp³-hybridized carbons (Fsp3) is 0.529. The molecule has 0 radical (unpaired) electrons. The first-order valence-electron chi connectivity index (χ1n) is 7.93. The number of carboxylic acids is 1. The number of amides is 1. The highest BCUT2D eigenvalue weighted by molar-refractivity contribution is 6.30. The van der Waals surface area contributed by atoms with E-state index < -0.39 is 17.8 Å². The topological polar surface area (TPSA) is 75.6 Å². The van der Waals surface area contributed by atoms with Crippen LogP contribution >= 0.6 is 11.6 Å². The standard InChI is InChI=1S/C17H21ClFNO4/c1-10(11-4-6-24-7-5-11)17(23)20-15(9-16(21)22)12-2-3-13(18)14(19)8-12/h2-3,8,10-11,15H,4-7,9H2,1H3,(H,20,23)(H,21,22). The summed E-state index contributed by atoms with van der Waals surface area (Å²) < 4.78 is 19.0. The smallest absolute Gasteiger partial charge is 0.305 e. The lowest BCUT2D eigenvalue weighted by atomic mass is 9.86. The quantitative estimate of drug-likeness (QED) is 0.820. The molecule has 7 heteroatoms. The normalized spacial score (nSPS) is 18.0. The molecular formula is C17H21ClFNO4. The van der Waals surface area contributed by atoms with Crippen molar-refractivity contribution in [3.8, 4) is 0 Å². The third-order valence-corrected chi connectivity index (χ3v) is 4.73. The summed E-state index contributed by atoms with van der Waals surface area (Å²) in [5.74, 6) is -2.01. The molecule has 1 aromatic rings. The molecule has 0 saturated carbocycles. The SMILES string of the molecule is CC(C(=O)NC(CC(=O)O)c1ccc(Cl)c(F)c1)C1CCOCC1.